The molecule has 1 heterocycles. The summed E-state index contributed by atoms with van der Waals surface area (Å²) in [5.74, 6) is 1.90. The van der Waals surface area contributed by atoms with Gasteiger partial charge in [0.25, 0.3) is 0 Å². The minimum atomic E-state index is -0.404. The molecule has 1 spiro atoms. The van der Waals surface area contributed by atoms with E-state index in [-0.39, 0.29) is 16.0 Å². The molecule has 3 unspecified atom stereocenters. The van der Waals surface area contributed by atoms with E-state index in [1.807, 2.05) is 18.7 Å². The predicted molar refractivity (Wildman–Crippen MR) is 66.4 cm³/mol. The van der Waals surface area contributed by atoms with E-state index < -0.39 is 5.60 Å². The molecule has 0 aromatic heterocycles. The molecule has 94 valence electrons. The van der Waals surface area contributed by atoms with Crippen molar-refractivity contribution >= 4 is 17.7 Å². The highest BCUT2D eigenvalue weighted by Gasteiger charge is 2.65. The zero-order chi connectivity index (χ0) is 11.8. The number of amides is 1. The Hall–Kier alpha value is -0.220. The van der Waals surface area contributed by atoms with Gasteiger partial charge in [0, 0.05) is 0 Å². The highest BCUT2D eigenvalue weighted by Crippen LogP contribution is 2.64. The fourth-order valence-electron chi connectivity index (χ4n) is 4.99. The molecule has 4 heteroatoms. The number of rotatable bonds is 0. The third-order valence-electron chi connectivity index (χ3n) is 5.43. The summed E-state index contributed by atoms with van der Waals surface area (Å²) in [6, 6.07) is 0. The first-order valence-corrected chi connectivity index (χ1v) is 7.61. The van der Waals surface area contributed by atoms with Crippen molar-refractivity contribution in [3.8, 4) is 0 Å². The van der Waals surface area contributed by atoms with Crippen molar-refractivity contribution in [1.82, 2.24) is 5.32 Å². The van der Waals surface area contributed by atoms with Gasteiger partial charge in [-0.25, -0.2) is 0 Å². The van der Waals surface area contributed by atoms with Crippen LogP contribution in [0.5, 0.6) is 0 Å². The Labute approximate surface area is 106 Å². The number of nitrogens with one attached hydrogen (secondary N) is 1. The van der Waals surface area contributed by atoms with E-state index in [2.05, 4.69) is 5.32 Å². The number of thioether (sulfide) groups is 1. The first-order valence-electron chi connectivity index (χ1n) is 6.73. The fourth-order valence-corrected chi connectivity index (χ4v) is 6.65. The molecular weight excluding hydrogens is 234 g/mol. The summed E-state index contributed by atoms with van der Waals surface area (Å²) in [6.07, 6.45) is 5.22. The van der Waals surface area contributed by atoms with E-state index in [1.165, 1.54) is 12.8 Å². The minimum Gasteiger partial charge on any atom is -0.390 e. The van der Waals surface area contributed by atoms with Crippen molar-refractivity contribution in [1.29, 1.82) is 0 Å². The molecule has 2 N–H and O–H groups in total. The molecule has 5 rings (SSSR count). The Bertz CT molecular complexity index is 381. The van der Waals surface area contributed by atoms with Crippen LogP contribution in [0, 0.1) is 17.8 Å². The van der Waals surface area contributed by atoms with Crippen LogP contribution >= 0.6 is 11.8 Å². The second-order valence-electron chi connectivity index (χ2n) is 6.61. The lowest BCUT2D eigenvalue weighted by atomic mass is 9.52. The van der Waals surface area contributed by atoms with Gasteiger partial charge in [-0.15, -0.1) is 11.8 Å². The molecule has 1 aliphatic heterocycles. The van der Waals surface area contributed by atoms with Gasteiger partial charge >= 0.3 is 0 Å². The average Bonchev–Trinajstić information content (AvgIpc) is 2.51. The van der Waals surface area contributed by atoms with Crippen LogP contribution < -0.4 is 5.32 Å². The first-order chi connectivity index (χ1) is 8.01. The van der Waals surface area contributed by atoms with Gasteiger partial charge in [0.15, 0.2) is 0 Å². The maximum atomic E-state index is 11.9. The molecule has 3 nitrogen and oxygen atoms in total. The van der Waals surface area contributed by atoms with Crippen LogP contribution in [0.4, 0.5) is 0 Å². The van der Waals surface area contributed by atoms with Gasteiger partial charge in [-0.1, -0.05) is 0 Å². The van der Waals surface area contributed by atoms with Crippen molar-refractivity contribution in [2.24, 2.45) is 17.8 Å². The summed E-state index contributed by atoms with van der Waals surface area (Å²) in [4.78, 5) is 11.8. The second-order valence-corrected chi connectivity index (χ2v) is 8.23. The zero-order valence-corrected chi connectivity index (χ0v) is 10.9. The average molecular weight is 253 g/mol. The van der Waals surface area contributed by atoms with Crippen LogP contribution in [0.3, 0.4) is 0 Å². The number of carbonyl (C=O) groups is 1. The summed E-state index contributed by atoms with van der Waals surface area (Å²) < 4.78 is 0. The molecule has 1 saturated heterocycles. The Balaban J connectivity index is 1.73. The fraction of sp³-hybridized carbons (Fsp3) is 0.923. The summed E-state index contributed by atoms with van der Waals surface area (Å²) in [7, 11) is 0. The molecular formula is C13H19NO2S. The Kier molecular flexibility index (Phi) is 1.90. The van der Waals surface area contributed by atoms with Gasteiger partial charge in [0.1, 0.15) is 0 Å². The minimum absolute atomic E-state index is 0.0281. The van der Waals surface area contributed by atoms with Gasteiger partial charge < -0.3 is 10.4 Å². The SMILES string of the molecule is CC1SC2(NC1=O)C1CC3CC2CC(O)(C3)C1. The Morgan fingerprint density at radius 2 is 1.94 bits per heavy atom. The van der Waals surface area contributed by atoms with Crippen molar-refractivity contribution in [3.63, 3.8) is 0 Å². The molecule has 5 aliphatic rings. The maximum Gasteiger partial charge on any atom is 0.234 e. The predicted octanol–water partition coefficient (Wildman–Crippen LogP) is 1.51. The topological polar surface area (TPSA) is 49.3 Å². The molecule has 0 radical (unpaired) electrons. The van der Waals surface area contributed by atoms with Crippen LogP contribution in [0.1, 0.15) is 39.0 Å². The number of hydrogen-bond donors (Lipinski definition) is 2. The molecule has 1 amide bonds. The van der Waals surface area contributed by atoms with Crippen molar-refractivity contribution in [3.05, 3.63) is 0 Å². The number of aliphatic hydroxyl groups is 1. The number of carbonyl (C=O) groups excluding carboxylic acids is 1. The third-order valence-corrected chi connectivity index (χ3v) is 7.16. The van der Waals surface area contributed by atoms with E-state index in [0.29, 0.717) is 17.8 Å². The molecule has 17 heavy (non-hydrogen) atoms. The Morgan fingerprint density at radius 1 is 1.29 bits per heavy atom. The molecule has 0 aromatic rings. The van der Waals surface area contributed by atoms with E-state index in [4.69, 9.17) is 0 Å². The molecule has 5 fully saturated rings. The van der Waals surface area contributed by atoms with Crippen LogP contribution in [-0.2, 0) is 4.79 Å². The molecule has 4 bridgehead atoms. The lowest BCUT2D eigenvalue weighted by molar-refractivity contribution is -0.150. The third kappa shape index (κ3) is 1.26. The van der Waals surface area contributed by atoms with Gasteiger partial charge in [0.2, 0.25) is 5.91 Å². The monoisotopic (exact) mass is 253 g/mol. The molecule has 3 atom stereocenters. The molecule has 4 saturated carbocycles. The van der Waals surface area contributed by atoms with Crippen LogP contribution in [0.2, 0.25) is 0 Å². The van der Waals surface area contributed by atoms with E-state index in [0.717, 1.165) is 19.3 Å². The standard InChI is InChI=1S/C13H19NO2S/c1-7-11(15)14-13(17-7)9-2-8-3-10(13)6-12(16,4-8)5-9/h7-10,16H,2-6H2,1H3,(H,14,15). The summed E-state index contributed by atoms with van der Waals surface area (Å²) in [6.45, 7) is 2.01. The van der Waals surface area contributed by atoms with Crippen LogP contribution in [-0.4, -0.2) is 26.7 Å². The van der Waals surface area contributed by atoms with E-state index >= 15 is 0 Å². The highest BCUT2D eigenvalue weighted by molar-refractivity contribution is 8.02. The van der Waals surface area contributed by atoms with Crippen molar-refractivity contribution < 1.29 is 9.90 Å². The van der Waals surface area contributed by atoms with Crippen LogP contribution in [0.15, 0.2) is 0 Å². The second kappa shape index (κ2) is 3.02. The van der Waals surface area contributed by atoms with E-state index in [1.54, 1.807) is 0 Å². The van der Waals surface area contributed by atoms with Gasteiger partial charge in [-0.2, -0.15) is 0 Å². The van der Waals surface area contributed by atoms with Gasteiger partial charge in [-0.3, -0.25) is 4.79 Å². The van der Waals surface area contributed by atoms with Gasteiger partial charge in [0.05, 0.1) is 15.7 Å². The Morgan fingerprint density at radius 3 is 2.41 bits per heavy atom. The van der Waals surface area contributed by atoms with Gasteiger partial charge in [-0.05, 0) is 56.8 Å². The smallest absolute Gasteiger partial charge is 0.234 e. The first kappa shape index (κ1) is 10.7. The normalized spacial score (nSPS) is 60.0. The molecule has 4 aliphatic carbocycles. The largest absolute Gasteiger partial charge is 0.390 e. The summed E-state index contributed by atoms with van der Waals surface area (Å²) in [5, 5.41) is 13.9. The lowest BCUT2D eigenvalue weighted by Crippen LogP contribution is -2.66. The zero-order valence-electron chi connectivity index (χ0n) is 10.1. The van der Waals surface area contributed by atoms with Crippen molar-refractivity contribution in [2.75, 3.05) is 0 Å². The summed E-state index contributed by atoms with van der Waals surface area (Å²) >= 11 is 1.84. The van der Waals surface area contributed by atoms with Crippen molar-refractivity contribution in [2.45, 2.75) is 54.7 Å². The molecule has 0 aromatic carbocycles. The quantitative estimate of drug-likeness (QED) is 0.688. The lowest BCUT2D eigenvalue weighted by Gasteiger charge is -2.62. The number of hydrogen-bond acceptors (Lipinski definition) is 3. The highest BCUT2D eigenvalue weighted by atomic mass is 32.2. The van der Waals surface area contributed by atoms with Crippen LogP contribution in [0.25, 0.3) is 0 Å². The maximum absolute atomic E-state index is 11.9. The summed E-state index contributed by atoms with van der Waals surface area (Å²) in [5.41, 5.74) is -0.404. The van der Waals surface area contributed by atoms with E-state index in [9.17, 15) is 9.90 Å².